The predicted molar refractivity (Wildman–Crippen MR) is 87.9 cm³/mol. The maximum Gasteiger partial charge on any atom is 0.255 e. The summed E-state index contributed by atoms with van der Waals surface area (Å²) in [6.07, 6.45) is 0. The second-order valence-electron chi connectivity index (χ2n) is 5.06. The third kappa shape index (κ3) is 5.30. The number of carbonyl (C=O) groups is 1. The number of benzene rings is 2. The Hall–Kier alpha value is -2.53. The van der Waals surface area contributed by atoms with Gasteiger partial charge in [-0.05, 0) is 31.2 Å². The van der Waals surface area contributed by atoms with Gasteiger partial charge in [-0.15, -0.1) is 0 Å². The average Bonchev–Trinajstić information content (AvgIpc) is 2.59. The Morgan fingerprint density at radius 3 is 2.43 bits per heavy atom. The molecule has 0 heterocycles. The highest BCUT2D eigenvalue weighted by Crippen LogP contribution is 2.18. The number of aliphatic hydroxyl groups excluding tert-OH is 1. The monoisotopic (exact) mass is 315 g/mol. The van der Waals surface area contributed by atoms with Crippen molar-refractivity contribution in [2.45, 2.75) is 13.0 Å². The van der Waals surface area contributed by atoms with Crippen LogP contribution in [-0.2, 0) is 0 Å². The van der Waals surface area contributed by atoms with E-state index >= 15 is 0 Å². The maximum absolute atomic E-state index is 12.2. The Kier molecular flexibility index (Phi) is 6.44. The maximum atomic E-state index is 12.2. The fraction of sp³-hybridized carbons (Fsp3) is 0.278. The predicted octanol–water partition coefficient (Wildman–Crippen LogP) is 2.26. The van der Waals surface area contributed by atoms with Crippen molar-refractivity contribution >= 4 is 5.91 Å². The van der Waals surface area contributed by atoms with Gasteiger partial charge in [0.2, 0.25) is 0 Å². The van der Waals surface area contributed by atoms with E-state index in [9.17, 15) is 4.79 Å². The second-order valence-corrected chi connectivity index (χ2v) is 5.06. The lowest BCUT2D eigenvalue weighted by Crippen LogP contribution is -2.35. The van der Waals surface area contributed by atoms with E-state index in [1.807, 2.05) is 30.3 Å². The van der Waals surface area contributed by atoms with Gasteiger partial charge < -0.3 is 19.9 Å². The summed E-state index contributed by atoms with van der Waals surface area (Å²) in [4.78, 5) is 12.2. The summed E-state index contributed by atoms with van der Waals surface area (Å²) in [6, 6.07) is 16.2. The normalized spacial score (nSPS) is 11.6. The number of para-hydroxylation sites is 2. The third-order valence-electron chi connectivity index (χ3n) is 3.14. The lowest BCUT2D eigenvalue weighted by atomic mass is 10.2. The van der Waals surface area contributed by atoms with Gasteiger partial charge in [-0.1, -0.05) is 30.3 Å². The molecule has 0 saturated carbocycles. The molecule has 2 aromatic carbocycles. The standard InChI is InChI=1S/C18H21NO4/c1-14(13-20)19-18(21)16-9-5-6-10-17(16)23-12-11-22-15-7-3-2-4-8-15/h2-10,14,20H,11-13H2,1H3,(H,19,21). The molecule has 2 rings (SSSR count). The van der Waals surface area contributed by atoms with E-state index in [0.717, 1.165) is 5.75 Å². The first-order chi connectivity index (χ1) is 11.2. The van der Waals surface area contributed by atoms with Crippen LogP contribution in [0.5, 0.6) is 11.5 Å². The highest BCUT2D eigenvalue weighted by molar-refractivity contribution is 5.97. The number of carbonyl (C=O) groups excluding carboxylic acids is 1. The summed E-state index contributed by atoms with van der Waals surface area (Å²) in [5.74, 6) is 0.997. The number of ether oxygens (including phenoxy) is 2. The molecule has 122 valence electrons. The van der Waals surface area contributed by atoms with Crippen molar-refractivity contribution in [1.82, 2.24) is 5.32 Å². The second kappa shape index (κ2) is 8.80. The number of nitrogens with one attached hydrogen (secondary N) is 1. The molecule has 0 fully saturated rings. The molecule has 5 nitrogen and oxygen atoms in total. The van der Waals surface area contributed by atoms with Crippen LogP contribution < -0.4 is 14.8 Å². The van der Waals surface area contributed by atoms with E-state index < -0.39 is 0 Å². The molecule has 1 atom stereocenters. The van der Waals surface area contributed by atoms with E-state index in [4.69, 9.17) is 14.6 Å². The summed E-state index contributed by atoms with van der Waals surface area (Å²) in [5, 5.41) is 11.7. The van der Waals surface area contributed by atoms with Gasteiger partial charge >= 0.3 is 0 Å². The van der Waals surface area contributed by atoms with Crippen molar-refractivity contribution in [2.24, 2.45) is 0 Å². The highest BCUT2D eigenvalue weighted by Gasteiger charge is 2.14. The fourth-order valence-electron chi connectivity index (χ4n) is 1.96. The SMILES string of the molecule is CC(CO)NC(=O)c1ccccc1OCCOc1ccccc1. The topological polar surface area (TPSA) is 67.8 Å². The summed E-state index contributed by atoms with van der Waals surface area (Å²) in [6.45, 7) is 2.33. The molecular formula is C18H21NO4. The van der Waals surface area contributed by atoms with Gasteiger partial charge in [0.1, 0.15) is 24.7 Å². The molecule has 0 aromatic heterocycles. The van der Waals surface area contributed by atoms with Crippen LogP contribution in [0.3, 0.4) is 0 Å². The Balaban J connectivity index is 1.88. The number of aliphatic hydroxyl groups is 1. The minimum Gasteiger partial charge on any atom is -0.490 e. The van der Waals surface area contributed by atoms with Gasteiger partial charge in [-0.3, -0.25) is 4.79 Å². The van der Waals surface area contributed by atoms with Crippen LogP contribution in [-0.4, -0.2) is 36.9 Å². The van der Waals surface area contributed by atoms with Crippen LogP contribution in [0.2, 0.25) is 0 Å². The lowest BCUT2D eigenvalue weighted by Gasteiger charge is -2.14. The number of hydrogen-bond acceptors (Lipinski definition) is 4. The first-order valence-corrected chi connectivity index (χ1v) is 7.52. The van der Waals surface area contributed by atoms with Gasteiger partial charge in [-0.2, -0.15) is 0 Å². The average molecular weight is 315 g/mol. The number of rotatable bonds is 8. The molecule has 1 unspecified atom stereocenters. The van der Waals surface area contributed by atoms with Crippen molar-refractivity contribution < 1.29 is 19.4 Å². The quantitative estimate of drug-likeness (QED) is 0.733. The summed E-state index contributed by atoms with van der Waals surface area (Å²) in [7, 11) is 0. The lowest BCUT2D eigenvalue weighted by molar-refractivity contribution is 0.0917. The molecule has 2 N–H and O–H groups in total. The Morgan fingerprint density at radius 1 is 1.04 bits per heavy atom. The molecular weight excluding hydrogens is 294 g/mol. The molecule has 23 heavy (non-hydrogen) atoms. The molecule has 0 spiro atoms. The van der Waals surface area contributed by atoms with Crippen molar-refractivity contribution in [3.05, 3.63) is 60.2 Å². The molecule has 0 aliphatic heterocycles. The van der Waals surface area contributed by atoms with Crippen molar-refractivity contribution in [3.63, 3.8) is 0 Å². The molecule has 0 radical (unpaired) electrons. The Labute approximate surface area is 135 Å². The minimum atomic E-state index is -0.308. The zero-order valence-electron chi connectivity index (χ0n) is 13.1. The van der Waals surface area contributed by atoms with Gasteiger partial charge in [0.05, 0.1) is 12.2 Å². The third-order valence-corrected chi connectivity index (χ3v) is 3.14. The van der Waals surface area contributed by atoms with Crippen LogP contribution in [0.4, 0.5) is 0 Å². The van der Waals surface area contributed by atoms with E-state index in [-0.39, 0.29) is 18.6 Å². The van der Waals surface area contributed by atoms with Gasteiger partial charge in [0, 0.05) is 6.04 Å². The minimum absolute atomic E-state index is 0.111. The number of amides is 1. The van der Waals surface area contributed by atoms with E-state index in [1.165, 1.54) is 0 Å². The zero-order valence-corrected chi connectivity index (χ0v) is 13.1. The fourth-order valence-corrected chi connectivity index (χ4v) is 1.96. The van der Waals surface area contributed by atoms with Crippen LogP contribution in [0.25, 0.3) is 0 Å². The summed E-state index contributed by atoms with van der Waals surface area (Å²) >= 11 is 0. The molecule has 5 heteroatoms. The van der Waals surface area contributed by atoms with Gasteiger partial charge in [-0.25, -0.2) is 0 Å². The molecule has 0 saturated heterocycles. The van der Waals surface area contributed by atoms with Crippen LogP contribution in [0, 0.1) is 0 Å². The molecule has 0 bridgehead atoms. The van der Waals surface area contributed by atoms with E-state index in [0.29, 0.717) is 24.5 Å². The molecule has 2 aromatic rings. The van der Waals surface area contributed by atoms with Gasteiger partial charge in [0.15, 0.2) is 0 Å². The van der Waals surface area contributed by atoms with Gasteiger partial charge in [0.25, 0.3) is 5.91 Å². The summed E-state index contributed by atoms with van der Waals surface area (Å²) in [5.41, 5.74) is 0.438. The smallest absolute Gasteiger partial charge is 0.255 e. The van der Waals surface area contributed by atoms with E-state index in [2.05, 4.69) is 5.32 Å². The van der Waals surface area contributed by atoms with Crippen molar-refractivity contribution in [1.29, 1.82) is 0 Å². The first kappa shape index (κ1) is 16.8. The summed E-state index contributed by atoms with van der Waals surface area (Å²) < 4.78 is 11.2. The molecule has 0 aliphatic carbocycles. The molecule has 1 amide bonds. The number of hydrogen-bond donors (Lipinski definition) is 2. The Bertz CT molecular complexity index is 615. The largest absolute Gasteiger partial charge is 0.490 e. The van der Waals surface area contributed by atoms with Crippen molar-refractivity contribution in [3.8, 4) is 11.5 Å². The van der Waals surface area contributed by atoms with Crippen molar-refractivity contribution in [2.75, 3.05) is 19.8 Å². The zero-order chi connectivity index (χ0) is 16.5. The first-order valence-electron chi connectivity index (χ1n) is 7.52. The van der Waals surface area contributed by atoms with Crippen LogP contribution in [0.1, 0.15) is 17.3 Å². The Morgan fingerprint density at radius 2 is 1.70 bits per heavy atom. The van der Waals surface area contributed by atoms with Crippen LogP contribution >= 0.6 is 0 Å². The highest BCUT2D eigenvalue weighted by atomic mass is 16.5. The van der Waals surface area contributed by atoms with Crippen LogP contribution in [0.15, 0.2) is 54.6 Å². The molecule has 0 aliphatic rings. The van der Waals surface area contributed by atoms with E-state index in [1.54, 1.807) is 31.2 Å².